The van der Waals surface area contributed by atoms with Gasteiger partial charge in [-0.3, -0.25) is 5.10 Å². The Bertz CT molecular complexity index is 368. The Morgan fingerprint density at radius 2 is 2.54 bits per heavy atom. The number of hydrogen-bond acceptors (Lipinski definition) is 4. The number of aryl methyl sites for hydroxylation is 1. The molecule has 2 aromatic rings. The summed E-state index contributed by atoms with van der Waals surface area (Å²) in [6.07, 6.45) is 5.31. The highest BCUT2D eigenvalue weighted by molar-refractivity contribution is 7.98. The van der Waals surface area contributed by atoms with Crippen molar-refractivity contribution in [1.29, 1.82) is 0 Å². The van der Waals surface area contributed by atoms with E-state index in [-0.39, 0.29) is 0 Å². The second-order valence-electron chi connectivity index (χ2n) is 2.65. The molecule has 0 aromatic carbocycles. The van der Waals surface area contributed by atoms with E-state index < -0.39 is 0 Å². The molecule has 0 radical (unpaired) electrons. The summed E-state index contributed by atoms with van der Waals surface area (Å²) in [6, 6.07) is 0. The van der Waals surface area contributed by atoms with Crippen LogP contribution in [-0.4, -0.2) is 15.2 Å². The molecular weight excluding hydrogens is 186 g/mol. The van der Waals surface area contributed by atoms with E-state index in [4.69, 9.17) is 4.42 Å². The summed E-state index contributed by atoms with van der Waals surface area (Å²) in [7, 11) is 0. The second-order valence-corrected chi connectivity index (χ2v) is 3.58. The van der Waals surface area contributed by atoms with Gasteiger partial charge in [-0.1, -0.05) is 11.8 Å². The Morgan fingerprint density at radius 1 is 1.62 bits per heavy atom. The van der Waals surface area contributed by atoms with Crippen molar-refractivity contribution in [2.75, 3.05) is 0 Å². The van der Waals surface area contributed by atoms with Crippen molar-refractivity contribution in [3.63, 3.8) is 0 Å². The number of nitrogens with zero attached hydrogens (tertiary/aromatic N) is 2. The first-order valence-corrected chi connectivity index (χ1v) is 4.86. The third-order valence-electron chi connectivity index (χ3n) is 1.52. The first-order chi connectivity index (χ1) is 6.34. The zero-order chi connectivity index (χ0) is 9.10. The highest BCUT2D eigenvalue weighted by atomic mass is 32.2. The molecule has 0 amide bonds. The summed E-state index contributed by atoms with van der Waals surface area (Å²) in [5.74, 6) is 0.830. The van der Waals surface area contributed by atoms with Gasteiger partial charge in [0.05, 0.1) is 11.9 Å². The Labute approximate surface area is 79.8 Å². The summed E-state index contributed by atoms with van der Waals surface area (Å²) in [5.41, 5.74) is 2.05. The minimum Gasteiger partial charge on any atom is -0.440 e. The van der Waals surface area contributed by atoms with E-state index in [1.807, 2.05) is 13.1 Å². The van der Waals surface area contributed by atoms with Gasteiger partial charge in [0.2, 0.25) is 0 Å². The lowest BCUT2D eigenvalue weighted by Gasteiger charge is -1.90. The molecular formula is C8H9N3OS. The minimum atomic E-state index is 0.707. The summed E-state index contributed by atoms with van der Waals surface area (Å²) in [6.45, 7) is 1.91. The third-order valence-corrected chi connectivity index (χ3v) is 2.43. The van der Waals surface area contributed by atoms with Crippen molar-refractivity contribution in [1.82, 2.24) is 15.2 Å². The van der Waals surface area contributed by atoms with Crippen LogP contribution in [0.4, 0.5) is 0 Å². The standard InChI is InChI=1S/C8H9N3OS/c1-6-4-12-8(11-6)13-5-7-2-9-10-3-7/h2-4H,5H2,1H3,(H,9,10). The average Bonchev–Trinajstić information content (AvgIpc) is 2.71. The van der Waals surface area contributed by atoms with Crippen molar-refractivity contribution >= 4 is 11.8 Å². The van der Waals surface area contributed by atoms with E-state index in [9.17, 15) is 0 Å². The summed E-state index contributed by atoms with van der Waals surface area (Å²) in [4.78, 5) is 4.18. The topological polar surface area (TPSA) is 54.7 Å². The van der Waals surface area contributed by atoms with Crippen LogP contribution < -0.4 is 0 Å². The van der Waals surface area contributed by atoms with Crippen LogP contribution in [0.2, 0.25) is 0 Å². The molecule has 0 saturated heterocycles. The Kier molecular flexibility index (Phi) is 2.35. The molecule has 13 heavy (non-hydrogen) atoms. The van der Waals surface area contributed by atoms with Crippen LogP contribution in [0.5, 0.6) is 0 Å². The number of aromatic amines is 1. The van der Waals surface area contributed by atoms with Gasteiger partial charge in [-0.2, -0.15) is 5.10 Å². The van der Waals surface area contributed by atoms with Gasteiger partial charge in [0, 0.05) is 17.5 Å². The lowest BCUT2D eigenvalue weighted by molar-refractivity contribution is 0.454. The number of H-pyrrole nitrogens is 1. The summed E-state index contributed by atoms with van der Waals surface area (Å²) in [5, 5.41) is 7.31. The van der Waals surface area contributed by atoms with Crippen molar-refractivity contribution in [3.8, 4) is 0 Å². The second kappa shape index (κ2) is 3.66. The molecule has 68 valence electrons. The van der Waals surface area contributed by atoms with Crippen LogP contribution in [-0.2, 0) is 5.75 Å². The van der Waals surface area contributed by atoms with Crippen molar-refractivity contribution in [2.45, 2.75) is 17.9 Å². The first kappa shape index (κ1) is 8.37. The lowest BCUT2D eigenvalue weighted by atomic mass is 10.4. The number of aromatic nitrogens is 3. The molecule has 0 spiro atoms. The maximum atomic E-state index is 5.18. The van der Waals surface area contributed by atoms with Crippen molar-refractivity contribution in [3.05, 3.63) is 29.9 Å². The smallest absolute Gasteiger partial charge is 0.256 e. The molecule has 0 fully saturated rings. The maximum absolute atomic E-state index is 5.18. The van der Waals surface area contributed by atoms with Crippen molar-refractivity contribution < 1.29 is 4.42 Å². The van der Waals surface area contributed by atoms with Gasteiger partial charge in [0.15, 0.2) is 0 Å². The number of nitrogens with one attached hydrogen (secondary N) is 1. The zero-order valence-corrected chi connectivity index (χ0v) is 7.97. The fourth-order valence-electron chi connectivity index (χ4n) is 0.900. The third kappa shape index (κ3) is 2.12. The van der Waals surface area contributed by atoms with Gasteiger partial charge in [-0.05, 0) is 6.92 Å². The predicted molar refractivity (Wildman–Crippen MR) is 49.4 cm³/mol. The first-order valence-electron chi connectivity index (χ1n) is 3.87. The molecule has 2 aromatic heterocycles. The van der Waals surface area contributed by atoms with Gasteiger partial charge in [0.25, 0.3) is 5.22 Å². The largest absolute Gasteiger partial charge is 0.440 e. The number of oxazole rings is 1. The Hall–Kier alpha value is -1.23. The van der Waals surface area contributed by atoms with E-state index in [2.05, 4.69) is 15.2 Å². The molecule has 0 unspecified atom stereocenters. The predicted octanol–water partition coefficient (Wildman–Crippen LogP) is 2.00. The van der Waals surface area contributed by atoms with Gasteiger partial charge in [-0.15, -0.1) is 0 Å². The fourth-order valence-corrected chi connectivity index (χ4v) is 1.67. The average molecular weight is 195 g/mol. The molecule has 0 saturated carbocycles. The number of hydrogen-bond donors (Lipinski definition) is 1. The number of thioether (sulfide) groups is 1. The molecule has 0 bridgehead atoms. The molecule has 0 aliphatic heterocycles. The van der Waals surface area contributed by atoms with Crippen LogP contribution in [0.15, 0.2) is 28.3 Å². The van der Waals surface area contributed by atoms with E-state index in [1.165, 1.54) is 0 Å². The van der Waals surface area contributed by atoms with E-state index >= 15 is 0 Å². The summed E-state index contributed by atoms with van der Waals surface area (Å²) >= 11 is 1.56. The molecule has 2 heterocycles. The molecule has 5 heteroatoms. The Balaban J connectivity index is 1.93. The molecule has 0 aliphatic carbocycles. The van der Waals surface area contributed by atoms with Gasteiger partial charge < -0.3 is 4.42 Å². The molecule has 2 rings (SSSR count). The van der Waals surface area contributed by atoms with E-state index in [1.54, 1.807) is 24.2 Å². The van der Waals surface area contributed by atoms with E-state index in [0.29, 0.717) is 5.22 Å². The molecule has 4 nitrogen and oxygen atoms in total. The monoisotopic (exact) mass is 195 g/mol. The highest BCUT2D eigenvalue weighted by Gasteiger charge is 2.02. The quantitative estimate of drug-likeness (QED) is 0.761. The lowest BCUT2D eigenvalue weighted by Crippen LogP contribution is -1.76. The van der Waals surface area contributed by atoms with E-state index in [0.717, 1.165) is 17.0 Å². The van der Waals surface area contributed by atoms with Crippen LogP contribution in [0.3, 0.4) is 0 Å². The van der Waals surface area contributed by atoms with Gasteiger partial charge in [-0.25, -0.2) is 4.98 Å². The SMILES string of the molecule is Cc1coc(SCc2cn[nH]c2)n1. The van der Waals surface area contributed by atoms with Crippen LogP contribution in [0, 0.1) is 6.92 Å². The molecule has 1 N–H and O–H groups in total. The van der Waals surface area contributed by atoms with Crippen LogP contribution in [0.1, 0.15) is 11.3 Å². The highest BCUT2D eigenvalue weighted by Crippen LogP contribution is 2.20. The maximum Gasteiger partial charge on any atom is 0.256 e. The minimum absolute atomic E-state index is 0.707. The van der Waals surface area contributed by atoms with Crippen molar-refractivity contribution in [2.24, 2.45) is 0 Å². The van der Waals surface area contributed by atoms with Gasteiger partial charge in [0.1, 0.15) is 6.26 Å². The number of rotatable bonds is 3. The molecule has 0 atom stereocenters. The van der Waals surface area contributed by atoms with Gasteiger partial charge >= 0.3 is 0 Å². The molecule has 0 aliphatic rings. The normalized spacial score (nSPS) is 10.5. The van der Waals surface area contributed by atoms with Crippen LogP contribution in [0.25, 0.3) is 0 Å². The van der Waals surface area contributed by atoms with Crippen LogP contribution >= 0.6 is 11.8 Å². The zero-order valence-electron chi connectivity index (χ0n) is 7.15. The fraction of sp³-hybridized carbons (Fsp3) is 0.250. The Morgan fingerprint density at radius 3 is 3.15 bits per heavy atom. The summed E-state index contributed by atoms with van der Waals surface area (Å²) < 4.78 is 5.18.